The number of anilines is 1. The molecular weight excluding hydrogens is 200 g/mol. The molecule has 0 bridgehead atoms. The monoisotopic (exact) mass is 212 g/mol. The van der Waals surface area contributed by atoms with Gasteiger partial charge in [0, 0.05) is 13.1 Å². The lowest BCUT2D eigenvalue weighted by atomic mass is 10.2. The van der Waals surface area contributed by atoms with Crippen LogP contribution >= 0.6 is 0 Å². The Balaban J connectivity index is 2.53. The fourth-order valence-electron chi connectivity index (χ4n) is 1.13. The van der Waals surface area contributed by atoms with Gasteiger partial charge in [-0.3, -0.25) is 14.4 Å². The van der Waals surface area contributed by atoms with Crippen LogP contribution < -0.4 is 26.2 Å². The lowest BCUT2D eigenvalue weighted by Crippen LogP contribution is -2.37. The molecule has 0 atom stereocenters. The highest BCUT2D eigenvalue weighted by Crippen LogP contribution is 2.16. The first-order chi connectivity index (χ1) is 7.22. The summed E-state index contributed by atoms with van der Waals surface area (Å²) in [5, 5.41) is 5.15. The van der Waals surface area contributed by atoms with Gasteiger partial charge in [-0.2, -0.15) is 0 Å². The van der Waals surface area contributed by atoms with Crippen LogP contribution in [0.2, 0.25) is 0 Å². The van der Waals surface area contributed by atoms with E-state index in [1.165, 1.54) is 0 Å². The van der Waals surface area contributed by atoms with Crippen molar-refractivity contribution in [1.82, 2.24) is 5.32 Å². The quantitative estimate of drug-likeness (QED) is 0.338. The molecule has 0 saturated heterocycles. The minimum Gasteiger partial charge on any atom is -0.488 e. The van der Waals surface area contributed by atoms with Crippen LogP contribution in [0.3, 0.4) is 0 Å². The van der Waals surface area contributed by atoms with E-state index >= 15 is 0 Å². The summed E-state index contributed by atoms with van der Waals surface area (Å²) in [6, 6.07) is 0. The Labute approximate surface area is 85.9 Å². The Morgan fingerprint density at radius 3 is 2.60 bits per heavy atom. The number of carbonyl (C=O) groups excluding carboxylic acids is 1. The molecular formula is C9H12N2O4. The maximum Gasteiger partial charge on any atom is 0.272 e. The third-order valence-corrected chi connectivity index (χ3v) is 1.81. The van der Waals surface area contributed by atoms with E-state index < -0.39 is 10.9 Å². The summed E-state index contributed by atoms with van der Waals surface area (Å²) >= 11 is 0. The molecule has 0 radical (unpaired) electrons. The van der Waals surface area contributed by atoms with Gasteiger partial charge >= 0.3 is 0 Å². The maximum atomic E-state index is 11.1. The minimum absolute atomic E-state index is 0.0913. The van der Waals surface area contributed by atoms with Crippen LogP contribution in [0.5, 0.6) is 5.75 Å². The van der Waals surface area contributed by atoms with Crippen molar-refractivity contribution in [2.75, 3.05) is 25.0 Å². The summed E-state index contributed by atoms with van der Waals surface area (Å²) in [6.07, 6.45) is 0.563. The van der Waals surface area contributed by atoms with Gasteiger partial charge in [-0.25, -0.2) is 0 Å². The summed E-state index contributed by atoms with van der Waals surface area (Å²) < 4.78 is 4.99. The number of rotatable bonds is 7. The second-order valence-corrected chi connectivity index (χ2v) is 2.79. The lowest BCUT2D eigenvalue weighted by molar-refractivity contribution is -0.109. The van der Waals surface area contributed by atoms with Crippen molar-refractivity contribution in [3.8, 4) is 5.75 Å². The zero-order valence-electron chi connectivity index (χ0n) is 8.33. The number of nitrogens with one attached hydrogen (secondary N) is 2. The first-order valence-electron chi connectivity index (χ1n) is 4.59. The van der Waals surface area contributed by atoms with Crippen molar-refractivity contribution in [3.05, 3.63) is 20.4 Å². The summed E-state index contributed by atoms with van der Waals surface area (Å²) in [5.41, 5.74) is -0.957. The SMILES string of the molecule is CCOc1c(NCCNC=O)c(=O)c1=O. The minimum atomic E-state index is -0.595. The van der Waals surface area contributed by atoms with Crippen LogP contribution in [0.4, 0.5) is 5.69 Å². The third kappa shape index (κ3) is 2.34. The van der Waals surface area contributed by atoms with Gasteiger partial charge in [0.1, 0.15) is 5.69 Å². The van der Waals surface area contributed by atoms with Crippen molar-refractivity contribution in [2.24, 2.45) is 0 Å². The van der Waals surface area contributed by atoms with E-state index in [2.05, 4.69) is 10.6 Å². The average molecular weight is 212 g/mol. The van der Waals surface area contributed by atoms with Crippen molar-refractivity contribution in [2.45, 2.75) is 6.92 Å². The van der Waals surface area contributed by atoms with Crippen LogP contribution in [0.1, 0.15) is 6.92 Å². The fraction of sp³-hybridized carbons (Fsp3) is 0.444. The average Bonchev–Trinajstić information content (AvgIpc) is 2.26. The van der Waals surface area contributed by atoms with Crippen LogP contribution in [0.15, 0.2) is 9.59 Å². The van der Waals surface area contributed by atoms with Gasteiger partial charge in [-0.05, 0) is 6.92 Å². The van der Waals surface area contributed by atoms with E-state index in [0.717, 1.165) is 0 Å². The van der Waals surface area contributed by atoms with E-state index in [1.54, 1.807) is 6.92 Å². The van der Waals surface area contributed by atoms with Crippen LogP contribution in [-0.2, 0) is 4.79 Å². The lowest BCUT2D eigenvalue weighted by Gasteiger charge is -2.12. The molecule has 15 heavy (non-hydrogen) atoms. The Hall–Kier alpha value is -1.85. The second kappa shape index (κ2) is 5.14. The standard InChI is InChI=1S/C9H12N2O4/c1-2-15-9-6(7(13)8(9)14)11-4-3-10-5-12/h5,11H,2-4H2,1H3,(H,10,12). The smallest absolute Gasteiger partial charge is 0.272 e. The Bertz CT molecular complexity index is 406. The molecule has 1 aromatic carbocycles. The van der Waals surface area contributed by atoms with E-state index in [4.69, 9.17) is 4.74 Å². The molecule has 0 unspecified atom stereocenters. The molecule has 2 N–H and O–H groups in total. The summed E-state index contributed by atoms with van der Waals surface area (Å²) in [7, 11) is 0. The third-order valence-electron chi connectivity index (χ3n) is 1.81. The Kier molecular flexibility index (Phi) is 3.84. The van der Waals surface area contributed by atoms with E-state index in [0.29, 0.717) is 26.1 Å². The highest BCUT2D eigenvalue weighted by atomic mass is 16.5. The molecule has 82 valence electrons. The number of hydrogen-bond donors (Lipinski definition) is 2. The zero-order chi connectivity index (χ0) is 11.3. The predicted molar refractivity (Wildman–Crippen MR) is 55.1 cm³/mol. The van der Waals surface area contributed by atoms with Crippen LogP contribution in [0.25, 0.3) is 0 Å². The number of hydrogen-bond acceptors (Lipinski definition) is 5. The topological polar surface area (TPSA) is 84.5 Å². The molecule has 6 nitrogen and oxygen atoms in total. The molecule has 1 rings (SSSR count). The van der Waals surface area contributed by atoms with Gasteiger partial charge < -0.3 is 15.4 Å². The predicted octanol–water partition coefficient (Wildman–Crippen LogP) is -1.16. The van der Waals surface area contributed by atoms with E-state index in [1.807, 2.05) is 0 Å². The first kappa shape index (κ1) is 11.2. The van der Waals surface area contributed by atoms with Crippen molar-refractivity contribution in [3.63, 3.8) is 0 Å². The largest absolute Gasteiger partial charge is 0.488 e. The molecule has 1 aromatic rings. The van der Waals surface area contributed by atoms with Crippen molar-refractivity contribution < 1.29 is 9.53 Å². The molecule has 0 spiro atoms. The van der Waals surface area contributed by atoms with Gasteiger partial charge in [-0.15, -0.1) is 0 Å². The first-order valence-corrected chi connectivity index (χ1v) is 4.59. The molecule has 0 fully saturated rings. The zero-order valence-corrected chi connectivity index (χ0v) is 8.33. The molecule has 0 heterocycles. The van der Waals surface area contributed by atoms with Gasteiger partial charge in [0.05, 0.1) is 6.61 Å². The summed E-state index contributed by atoms with van der Waals surface area (Å²) in [6.45, 7) is 2.83. The van der Waals surface area contributed by atoms with Crippen molar-refractivity contribution in [1.29, 1.82) is 0 Å². The van der Waals surface area contributed by atoms with Gasteiger partial charge in [0.25, 0.3) is 10.9 Å². The van der Waals surface area contributed by atoms with E-state index in [-0.39, 0.29) is 11.4 Å². The molecule has 0 saturated carbocycles. The molecule has 0 aromatic heterocycles. The maximum absolute atomic E-state index is 11.1. The number of ether oxygens (including phenoxy) is 1. The fourth-order valence-corrected chi connectivity index (χ4v) is 1.13. The van der Waals surface area contributed by atoms with Crippen molar-refractivity contribution >= 4 is 12.1 Å². The second-order valence-electron chi connectivity index (χ2n) is 2.79. The molecule has 1 amide bonds. The molecule has 6 heteroatoms. The van der Waals surface area contributed by atoms with Gasteiger partial charge in [0.2, 0.25) is 6.41 Å². The Morgan fingerprint density at radius 2 is 2.00 bits per heavy atom. The van der Waals surface area contributed by atoms with E-state index in [9.17, 15) is 14.4 Å². The highest BCUT2D eigenvalue weighted by molar-refractivity contribution is 5.61. The Morgan fingerprint density at radius 1 is 1.27 bits per heavy atom. The van der Waals surface area contributed by atoms with Gasteiger partial charge in [0.15, 0.2) is 5.75 Å². The van der Waals surface area contributed by atoms with Crippen LogP contribution in [0, 0.1) is 0 Å². The summed E-state index contributed by atoms with van der Waals surface area (Å²) in [5.74, 6) is 0.0913. The van der Waals surface area contributed by atoms with Crippen LogP contribution in [-0.4, -0.2) is 26.1 Å². The number of amides is 1. The highest BCUT2D eigenvalue weighted by Gasteiger charge is 2.21. The normalized spacial score (nSPS) is 9.93. The molecule has 0 aliphatic carbocycles. The number of carbonyl (C=O) groups is 1. The molecule has 0 aliphatic heterocycles. The van der Waals surface area contributed by atoms with Gasteiger partial charge in [-0.1, -0.05) is 0 Å². The summed E-state index contributed by atoms with van der Waals surface area (Å²) in [4.78, 5) is 32.0. The molecule has 0 aliphatic rings.